The minimum atomic E-state index is -1.26. The Bertz CT molecular complexity index is 1200. The third-order valence-corrected chi connectivity index (χ3v) is 6.58. The van der Waals surface area contributed by atoms with E-state index in [1.165, 1.54) is 0 Å². The molecule has 4 rings (SSSR count). The molecule has 2 N–H and O–H groups in total. The number of nitrogens with two attached hydrogens (primary N) is 1. The Morgan fingerprint density at radius 3 is 2.37 bits per heavy atom. The molecule has 182 valence electrons. The molecule has 0 saturated heterocycles. The fraction of sp³-hybridized carbons (Fsp3) is 0.310. The SMILES string of the molecule is COc1ccc(-c2ccc(OCCc3ccccc3)c(C(=O)OC3(C(N)=O)CCCC3)c2)c(C)c1. The molecule has 0 unspecified atom stereocenters. The average Bonchev–Trinajstić information content (AvgIpc) is 3.34. The Balaban J connectivity index is 1.64. The van der Waals surface area contributed by atoms with Gasteiger partial charge < -0.3 is 19.9 Å². The van der Waals surface area contributed by atoms with Crippen LogP contribution in [0.15, 0.2) is 66.7 Å². The van der Waals surface area contributed by atoms with Crippen LogP contribution in [0.25, 0.3) is 11.1 Å². The van der Waals surface area contributed by atoms with E-state index in [1.807, 2.05) is 61.5 Å². The van der Waals surface area contributed by atoms with Crippen molar-refractivity contribution in [1.29, 1.82) is 0 Å². The lowest BCUT2D eigenvalue weighted by atomic mass is 9.97. The van der Waals surface area contributed by atoms with Gasteiger partial charge in [-0.1, -0.05) is 42.5 Å². The Hall–Kier alpha value is -3.80. The van der Waals surface area contributed by atoms with E-state index in [9.17, 15) is 9.59 Å². The summed E-state index contributed by atoms with van der Waals surface area (Å²) in [7, 11) is 1.63. The second kappa shape index (κ2) is 10.6. The molecule has 1 amide bonds. The van der Waals surface area contributed by atoms with Gasteiger partial charge >= 0.3 is 5.97 Å². The summed E-state index contributed by atoms with van der Waals surface area (Å²) in [4.78, 5) is 25.6. The van der Waals surface area contributed by atoms with E-state index >= 15 is 0 Å². The van der Waals surface area contributed by atoms with E-state index in [0.29, 0.717) is 31.6 Å². The van der Waals surface area contributed by atoms with E-state index in [2.05, 4.69) is 0 Å². The van der Waals surface area contributed by atoms with Crippen LogP contribution in [0.5, 0.6) is 11.5 Å². The molecular weight excluding hydrogens is 442 g/mol. The summed E-state index contributed by atoms with van der Waals surface area (Å²) in [6, 6.07) is 21.2. The second-order valence-corrected chi connectivity index (χ2v) is 8.93. The number of benzene rings is 3. The molecule has 0 spiro atoms. The van der Waals surface area contributed by atoms with Gasteiger partial charge in [0.25, 0.3) is 5.91 Å². The van der Waals surface area contributed by atoms with Crippen LogP contribution in [0, 0.1) is 6.92 Å². The van der Waals surface area contributed by atoms with Crippen LogP contribution in [0.2, 0.25) is 0 Å². The van der Waals surface area contributed by atoms with Gasteiger partial charge in [-0.25, -0.2) is 4.79 Å². The smallest absolute Gasteiger partial charge is 0.343 e. The van der Waals surface area contributed by atoms with Gasteiger partial charge in [0.15, 0.2) is 5.60 Å². The minimum Gasteiger partial charge on any atom is -0.497 e. The van der Waals surface area contributed by atoms with Crippen LogP contribution in [0.4, 0.5) is 0 Å². The molecule has 0 atom stereocenters. The number of hydrogen-bond acceptors (Lipinski definition) is 5. The van der Waals surface area contributed by atoms with Gasteiger partial charge in [-0.05, 0) is 79.1 Å². The van der Waals surface area contributed by atoms with Crippen LogP contribution >= 0.6 is 0 Å². The van der Waals surface area contributed by atoms with Crippen molar-refractivity contribution >= 4 is 11.9 Å². The number of carbonyl (C=O) groups excluding carboxylic acids is 2. The number of aryl methyl sites for hydroxylation is 1. The number of amides is 1. The Morgan fingerprint density at radius 2 is 1.71 bits per heavy atom. The molecule has 1 aliphatic rings. The third kappa shape index (κ3) is 5.48. The number of primary amides is 1. The lowest BCUT2D eigenvalue weighted by molar-refractivity contribution is -0.136. The Morgan fingerprint density at radius 1 is 0.971 bits per heavy atom. The highest BCUT2D eigenvalue weighted by molar-refractivity contribution is 5.97. The molecule has 0 heterocycles. The lowest BCUT2D eigenvalue weighted by Crippen LogP contribution is -2.45. The molecule has 3 aromatic rings. The molecule has 0 radical (unpaired) electrons. The predicted molar refractivity (Wildman–Crippen MR) is 135 cm³/mol. The highest BCUT2D eigenvalue weighted by Crippen LogP contribution is 2.36. The van der Waals surface area contributed by atoms with Crippen LogP contribution in [0.1, 0.15) is 47.2 Å². The summed E-state index contributed by atoms with van der Waals surface area (Å²) >= 11 is 0. The maximum absolute atomic E-state index is 13.4. The van der Waals surface area contributed by atoms with Gasteiger partial charge in [-0.2, -0.15) is 0 Å². The lowest BCUT2D eigenvalue weighted by Gasteiger charge is -2.26. The molecule has 0 aromatic heterocycles. The number of esters is 1. The molecule has 1 fully saturated rings. The summed E-state index contributed by atoms with van der Waals surface area (Å²) < 4.78 is 17.2. The third-order valence-electron chi connectivity index (χ3n) is 6.58. The largest absolute Gasteiger partial charge is 0.497 e. The van der Waals surface area contributed by atoms with Crippen LogP contribution in [-0.4, -0.2) is 31.2 Å². The molecule has 6 heteroatoms. The van der Waals surface area contributed by atoms with Crippen molar-refractivity contribution in [1.82, 2.24) is 0 Å². The van der Waals surface area contributed by atoms with E-state index in [0.717, 1.165) is 40.8 Å². The van der Waals surface area contributed by atoms with Crippen molar-refractivity contribution in [2.24, 2.45) is 5.73 Å². The number of ether oxygens (including phenoxy) is 3. The van der Waals surface area contributed by atoms with Crippen molar-refractivity contribution in [2.75, 3.05) is 13.7 Å². The van der Waals surface area contributed by atoms with Crippen LogP contribution < -0.4 is 15.2 Å². The first-order valence-electron chi connectivity index (χ1n) is 11.9. The van der Waals surface area contributed by atoms with Gasteiger partial charge in [0, 0.05) is 6.42 Å². The average molecular weight is 474 g/mol. The maximum atomic E-state index is 13.4. The highest BCUT2D eigenvalue weighted by atomic mass is 16.6. The van der Waals surface area contributed by atoms with Gasteiger partial charge in [-0.15, -0.1) is 0 Å². The first kappa shape index (κ1) is 24.3. The van der Waals surface area contributed by atoms with Crippen molar-refractivity contribution in [3.8, 4) is 22.6 Å². The molecule has 0 aliphatic heterocycles. The van der Waals surface area contributed by atoms with E-state index in [1.54, 1.807) is 19.2 Å². The summed E-state index contributed by atoms with van der Waals surface area (Å²) in [5.74, 6) is -0.0275. The van der Waals surface area contributed by atoms with Crippen molar-refractivity contribution in [3.63, 3.8) is 0 Å². The molecule has 1 aliphatic carbocycles. The zero-order valence-electron chi connectivity index (χ0n) is 20.2. The van der Waals surface area contributed by atoms with E-state index in [-0.39, 0.29) is 5.56 Å². The van der Waals surface area contributed by atoms with Crippen molar-refractivity contribution in [3.05, 3.63) is 83.4 Å². The molecule has 6 nitrogen and oxygen atoms in total. The standard InChI is InChI=1S/C29H31NO5/c1-20-18-23(33-2)11-12-24(20)22-10-13-26(34-17-14-21-8-4-3-5-9-21)25(19-22)27(31)35-29(28(30)32)15-6-7-16-29/h3-5,8-13,18-19H,6-7,14-17H2,1-2H3,(H2,30,32). The molecule has 1 saturated carbocycles. The summed E-state index contributed by atoms with van der Waals surface area (Å²) in [5, 5.41) is 0. The number of hydrogen-bond donors (Lipinski definition) is 1. The molecule has 35 heavy (non-hydrogen) atoms. The zero-order chi connectivity index (χ0) is 24.8. The van der Waals surface area contributed by atoms with Crippen LogP contribution in [0.3, 0.4) is 0 Å². The fourth-order valence-corrected chi connectivity index (χ4v) is 4.57. The topological polar surface area (TPSA) is 87.8 Å². The first-order chi connectivity index (χ1) is 16.9. The molecule has 0 bridgehead atoms. The predicted octanol–water partition coefficient (Wildman–Crippen LogP) is 5.25. The summed E-state index contributed by atoms with van der Waals surface area (Å²) in [5.41, 5.74) is 8.61. The van der Waals surface area contributed by atoms with E-state index < -0.39 is 17.5 Å². The van der Waals surface area contributed by atoms with Gasteiger partial charge in [0.1, 0.15) is 17.1 Å². The second-order valence-electron chi connectivity index (χ2n) is 8.93. The zero-order valence-corrected chi connectivity index (χ0v) is 20.2. The van der Waals surface area contributed by atoms with Gasteiger partial charge in [0.2, 0.25) is 0 Å². The Kier molecular flexibility index (Phi) is 7.39. The minimum absolute atomic E-state index is 0.276. The number of rotatable bonds is 9. The quantitative estimate of drug-likeness (QED) is 0.429. The van der Waals surface area contributed by atoms with Gasteiger partial charge in [-0.3, -0.25) is 4.79 Å². The first-order valence-corrected chi connectivity index (χ1v) is 11.9. The molecular formula is C29H31NO5. The van der Waals surface area contributed by atoms with Crippen molar-refractivity contribution in [2.45, 2.75) is 44.6 Å². The van der Waals surface area contributed by atoms with Gasteiger partial charge in [0.05, 0.1) is 13.7 Å². The van der Waals surface area contributed by atoms with Crippen molar-refractivity contribution < 1.29 is 23.8 Å². The van der Waals surface area contributed by atoms with Crippen LogP contribution in [-0.2, 0) is 16.0 Å². The normalized spacial score (nSPS) is 14.3. The summed E-state index contributed by atoms with van der Waals surface area (Å²) in [6.45, 7) is 2.38. The Labute approximate surface area is 206 Å². The van der Waals surface area contributed by atoms with E-state index in [4.69, 9.17) is 19.9 Å². The monoisotopic (exact) mass is 473 g/mol. The fourth-order valence-electron chi connectivity index (χ4n) is 4.57. The number of methoxy groups -OCH3 is 1. The number of carbonyl (C=O) groups is 2. The highest BCUT2D eigenvalue weighted by Gasteiger charge is 2.44. The molecule has 3 aromatic carbocycles. The summed E-state index contributed by atoms with van der Waals surface area (Å²) in [6.07, 6.45) is 3.16. The maximum Gasteiger partial charge on any atom is 0.343 e.